The fourth-order valence-corrected chi connectivity index (χ4v) is 4.29. The molecule has 0 spiro atoms. The number of nitrogens with two attached hydrogens (primary N) is 1. The summed E-state index contributed by atoms with van der Waals surface area (Å²) in [5.74, 6) is 1.75. The van der Waals surface area contributed by atoms with E-state index in [0.717, 1.165) is 27.5 Å². The van der Waals surface area contributed by atoms with Crippen molar-refractivity contribution in [3.8, 4) is 11.7 Å². The SMILES string of the molecule is Cc1cc2c(B(O)O)cccc2n1-c1nc(NCc2ccccc2)c2cccc(OCCN)c2n1. The van der Waals surface area contributed by atoms with Crippen LogP contribution < -0.4 is 21.3 Å². The third-order valence-corrected chi connectivity index (χ3v) is 5.90. The molecule has 0 aliphatic rings. The van der Waals surface area contributed by atoms with Gasteiger partial charge < -0.3 is 25.8 Å². The average molecular weight is 467 g/mol. The summed E-state index contributed by atoms with van der Waals surface area (Å²) in [6.07, 6.45) is 0. The number of nitrogens with zero attached hydrogens (tertiary/aromatic N) is 3. The smallest absolute Gasteiger partial charge is 0.489 e. The number of ether oxygens (including phenoxy) is 1. The molecule has 0 fully saturated rings. The minimum absolute atomic E-state index is 0.369. The molecule has 5 aromatic rings. The number of benzene rings is 3. The van der Waals surface area contributed by atoms with Crippen molar-refractivity contribution in [1.82, 2.24) is 14.5 Å². The Morgan fingerprint density at radius 3 is 2.54 bits per heavy atom. The third-order valence-electron chi connectivity index (χ3n) is 5.90. The topological polar surface area (TPSA) is 118 Å². The van der Waals surface area contributed by atoms with Gasteiger partial charge in [0.25, 0.3) is 0 Å². The number of rotatable bonds is 8. The van der Waals surface area contributed by atoms with E-state index in [0.29, 0.717) is 48.2 Å². The quantitative estimate of drug-likeness (QED) is 0.259. The molecule has 35 heavy (non-hydrogen) atoms. The average Bonchev–Trinajstić information content (AvgIpc) is 3.22. The van der Waals surface area contributed by atoms with Crippen LogP contribution in [0, 0.1) is 6.92 Å². The molecule has 2 aromatic heterocycles. The van der Waals surface area contributed by atoms with Gasteiger partial charge in [0.2, 0.25) is 5.95 Å². The number of aromatic nitrogens is 3. The van der Waals surface area contributed by atoms with Crippen LogP contribution in [0.3, 0.4) is 0 Å². The van der Waals surface area contributed by atoms with E-state index in [9.17, 15) is 10.0 Å². The van der Waals surface area contributed by atoms with Crippen LogP contribution in [-0.2, 0) is 6.54 Å². The predicted molar refractivity (Wildman–Crippen MR) is 139 cm³/mol. The molecule has 5 rings (SSSR count). The number of hydrogen-bond acceptors (Lipinski definition) is 7. The molecular formula is C26H26BN5O3. The standard InChI is InChI=1S/C26H26BN5O3/c1-17-15-20-21(27(33)34)10-6-11-22(20)32(17)26-30-24-19(9-5-12-23(24)35-14-13-28)25(31-26)29-16-18-7-3-2-4-8-18/h2-12,15,33-34H,13-14,16,28H2,1H3,(H,29,30,31). The van der Waals surface area contributed by atoms with E-state index < -0.39 is 7.12 Å². The highest BCUT2D eigenvalue weighted by molar-refractivity contribution is 6.61. The third kappa shape index (κ3) is 4.44. The number of hydrogen-bond donors (Lipinski definition) is 4. The maximum atomic E-state index is 9.85. The van der Waals surface area contributed by atoms with Crippen molar-refractivity contribution < 1.29 is 14.8 Å². The molecule has 0 unspecified atom stereocenters. The van der Waals surface area contributed by atoms with E-state index >= 15 is 0 Å². The summed E-state index contributed by atoms with van der Waals surface area (Å²) in [4.78, 5) is 9.79. The van der Waals surface area contributed by atoms with Gasteiger partial charge in [-0.05, 0) is 42.2 Å². The number of para-hydroxylation sites is 1. The minimum Gasteiger partial charge on any atom is -0.490 e. The Balaban J connectivity index is 1.70. The van der Waals surface area contributed by atoms with E-state index in [1.807, 2.05) is 60.0 Å². The second kappa shape index (κ2) is 9.75. The molecule has 0 saturated carbocycles. The minimum atomic E-state index is -1.58. The Hall–Kier alpha value is -3.92. The van der Waals surface area contributed by atoms with Gasteiger partial charge in [0.05, 0.1) is 5.52 Å². The predicted octanol–water partition coefficient (Wildman–Crippen LogP) is 2.51. The molecule has 0 saturated heterocycles. The second-order valence-corrected chi connectivity index (χ2v) is 8.28. The van der Waals surface area contributed by atoms with Gasteiger partial charge in [-0.2, -0.15) is 4.98 Å². The summed E-state index contributed by atoms with van der Waals surface area (Å²) in [5, 5.41) is 24.7. The summed E-state index contributed by atoms with van der Waals surface area (Å²) >= 11 is 0. The van der Waals surface area contributed by atoms with Gasteiger partial charge in [0, 0.05) is 29.6 Å². The van der Waals surface area contributed by atoms with E-state index in [4.69, 9.17) is 20.4 Å². The fraction of sp³-hybridized carbons (Fsp3) is 0.154. The summed E-state index contributed by atoms with van der Waals surface area (Å²) in [6.45, 7) is 3.29. The highest BCUT2D eigenvalue weighted by Gasteiger charge is 2.20. The van der Waals surface area contributed by atoms with Crippen molar-refractivity contribution >= 4 is 40.2 Å². The summed E-state index contributed by atoms with van der Waals surface area (Å²) in [6, 6.07) is 23.2. The van der Waals surface area contributed by atoms with Gasteiger partial charge in [-0.1, -0.05) is 48.5 Å². The summed E-state index contributed by atoms with van der Waals surface area (Å²) in [7, 11) is -1.58. The van der Waals surface area contributed by atoms with Crippen LogP contribution in [0.4, 0.5) is 5.82 Å². The Kier molecular flexibility index (Phi) is 6.37. The molecule has 0 amide bonds. The molecule has 2 heterocycles. The van der Waals surface area contributed by atoms with Crippen molar-refractivity contribution in [2.24, 2.45) is 5.73 Å². The normalized spacial score (nSPS) is 11.2. The Bertz CT molecular complexity index is 1490. The van der Waals surface area contributed by atoms with E-state index in [2.05, 4.69) is 17.4 Å². The molecular weight excluding hydrogens is 441 g/mol. The van der Waals surface area contributed by atoms with Gasteiger partial charge in [-0.15, -0.1) is 0 Å². The lowest BCUT2D eigenvalue weighted by atomic mass is 9.78. The zero-order valence-corrected chi connectivity index (χ0v) is 19.3. The lowest BCUT2D eigenvalue weighted by Crippen LogP contribution is -2.30. The molecule has 0 aliphatic heterocycles. The van der Waals surface area contributed by atoms with Crippen molar-refractivity contribution in [2.45, 2.75) is 13.5 Å². The number of aryl methyl sites for hydroxylation is 1. The fourth-order valence-electron chi connectivity index (χ4n) is 4.29. The number of nitrogens with one attached hydrogen (secondary N) is 1. The number of anilines is 1. The summed E-state index contributed by atoms with van der Waals surface area (Å²) in [5.41, 5.74) is 9.54. The zero-order valence-electron chi connectivity index (χ0n) is 19.3. The maximum Gasteiger partial charge on any atom is 0.489 e. The van der Waals surface area contributed by atoms with Gasteiger partial charge in [-0.25, -0.2) is 4.98 Å². The van der Waals surface area contributed by atoms with Gasteiger partial charge >= 0.3 is 7.12 Å². The molecule has 9 heteroatoms. The molecule has 5 N–H and O–H groups in total. The van der Waals surface area contributed by atoms with Crippen LogP contribution >= 0.6 is 0 Å². The highest BCUT2D eigenvalue weighted by Crippen LogP contribution is 2.31. The summed E-state index contributed by atoms with van der Waals surface area (Å²) < 4.78 is 7.82. The largest absolute Gasteiger partial charge is 0.490 e. The van der Waals surface area contributed by atoms with Gasteiger partial charge in [-0.3, -0.25) is 4.57 Å². The molecule has 0 bridgehead atoms. The van der Waals surface area contributed by atoms with Gasteiger partial charge in [0.15, 0.2) is 0 Å². The monoisotopic (exact) mass is 467 g/mol. The first kappa shape index (κ1) is 22.9. The van der Waals surface area contributed by atoms with Crippen LogP contribution in [-0.4, -0.2) is 44.9 Å². The highest BCUT2D eigenvalue weighted by atomic mass is 16.5. The van der Waals surface area contributed by atoms with Crippen molar-refractivity contribution in [2.75, 3.05) is 18.5 Å². The lowest BCUT2D eigenvalue weighted by molar-refractivity contribution is 0.331. The molecule has 3 aromatic carbocycles. The van der Waals surface area contributed by atoms with E-state index in [1.54, 1.807) is 12.1 Å². The number of fused-ring (bicyclic) bond motifs is 2. The van der Waals surface area contributed by atoms with Crippen LogP contribution in [0.15, 0.2) is 72.8 Å². The molecule has 176 valence electrons. The molecule has 8 nitrogen and oxygen atoms in total. The van der Waals surface area contributed by atoms with E-state index in [1.165, 1.54) is 0 Å². The van der Waals surface area contributed by atoms with Crippen LogP contribution in [0.5, 0.6) is 5.75 Å². The molecule has 0 atom stereocenters. The van der Waals surface area contributed by atoms with Crippen molar-refractivity contribution in [1.29, 1.82) is 0 Å². The first-order chi connectivity index (χ1) is 17.1. The lowest BCUT2D eigenvalue weighted by Gasteiger charge is -2.15. The van der Waals surface area contributed by atoms with Crippen molar-refractivity contribution in [3.63, 3.8) is 0 Å². The first-order valence-electron chi connectivity index (χ1n) is 11.5. The molecule has 0 aliphatic carbocycles. The first-order valence-corrected chi connectivity index (χ1v) is 11.5. The van der Waals surface area contributed by atoms with Crippen LogP contribution in [0.1, 0.15) is 11.3 Å². The van der Waals surface area contributed by atoms with Crippen LogP contribution in [0.2, 0.25) is 0 Å². The van der Waals surface area contributed by atoms with Crippen LogP contribution in [0.25, 0.3) is 27.8 Å². The Morgan fingerprint density at radius 1 is 0.971 bits per heavy atom. The zero-order chi connectivity index (χ0) is 24.4. The second-order valence-electron chi connectivity index (χ2n) is 8.28. The maximum absolute atomic E-state index is 9.85. The van der Waals surface area contributed by atoms with E-state index in [-0.39, 0.29) is 0 Å². The van der Waals surface area contributed by atoms with Gasteiger partial charge in [0.1, 0.15) is 23.7 Å². The Morgan fingerprint density at radius 2 is 1.77 bits per heavy atom. The Labute approximate surface area is 203 Å². The van der Waals surface area contributed by atoms with Crippen molar-refractivity contribution in [3.05, 3.63) is 84.1 Å². The molecule has 0 radical (unpaired) electrons.